The average molecular weight is 452 g/mol. The van der Waals surface area contributed by atoms with Crippen molar-refractivity contribution in [3.63, 3.8) is 0 Å². The Labute approximate surface area is 168 Å². The monoisotopic (exact) mass is 451 g/mol. The van der Waals surface area contributed by atoms with E-state index in [-0.39, 0.29) is 23.5 Å². The van der Waals surface area contributed by atoms with Gasteiger partial charge in [-0.2, -0.15) is 0 Å². The van der Waals surface area contributed by atoms with E-state index in [9.17, 15) is 13.2 Å². The van der Waals surface area contributed by atoms with E-state index in [4.69, 9.17) is 4.74 Å². The molecule has 0 radical (unpaired) electrons. The molecule has 27 heavy (non-hydrogen) atoms. The summed E-state index contributed by atoms with van der Waals surface area (Å²) in [6, 6.07) is 14.4. The van der Waals surface area contributed by atoms with Gasteiger partial charge in [0.1, 0.15) is 5.75 Å². The number of carbonyl (C=O) groups excluding carboxylic acids is 1. The molecule has 7 heteroatoms. The first kappa shape index (κ1) is 19.9. The molecule has 2 aromatic rings. The number of rotatable bonds is 6. The summed E-state index contributed by atoms with van der Waals surface area (Å²) in [5, 5.41) is 0. The minimum atomic E-state index is -3.09. The van der Waals surface area contributed by atoms with Gasteiger partial charge < -0.3 is 9.64 Å². The molecule has 144 valence electrons. The Morgan fingerprint density at radius 1 is 1.22 bits per heavy atom. The average Bonchev–Trinajstić information content (AvgIpc) is 3.00. The lowest BCUT2D eigenvalue weighted by atomic mass is 10.1. The summed E-state index contributed by atoms with van der Waals surface area (Å²) >= 11 is 3.45. The molecule has 0 saturated carbocycles. The van der Waals surface area contributed by atoms with Crippen LogP contribution < -0.4 is 4.74 Å². The molecule has 2 aromatic carbocycles. The van der Waals surface area contributed by atoms with Crippen molar-refractivity contribution in [1.29, 1.82) is 0 Å². The Hall–Kier alpha value is -1.86. The molecule has 0 spiro atoms. The van der Waals surface area contributed by atoms with E-state index in [1.165, 1.54) is 0 Å². The lowest BCUT2D eigenvalue weighted by Crippen LogP contribution is -2.40. The second-order valence-electron chi connectivity index (χ2n) is 6.58. The van der Waals surface area contributed by atoms with Crippen molar-refractivity contribution >= 4 is 31.7 Å². The molecule has 5 nitrogen and oxygen atoms in total. The smallest absolute Gasteiger partial charge is 0.254 e. The van der Waals surface area contributed by atoms with Gasteiger partial charge in [-0.05, 0) is 55.3 Å². The maximum Gasteiger partial charge on any atom is 0.254 e. The second kappa shape index (κ2) is 8.44. The molecule has 1 heterocycles. The number of halogens is 1. The molecule has 0 unspecified atom stereocenters. The number of nitrogens with zero attached hydrogens (tertiary/aromatic N) is 1. The van der Waals surface area contributed by atoms with E-state index in [2.05, 4.69) is 15.9 Å². The number of sulfone groups is 1. The zero-order chi connectivity index (χ0) is 19.4. The summed E-state index contributed by atoms with van der Waals surface area (Å²) in [5.74, 6) is 0.684. The SMILES string of the molecule is CCOc1ccc(C(=O)N(Cc2cccc(Br)c2)[C@@H]2CCS(=O)(=O)C2)cc1. The quantitative estimate of drug-likeness (QED) is 0.671. The minimum absolute atomic E-state index is 0.0176. The van der Waals surface area contributed by atoms with Gasteiger partial charge in [0.2, 0.25) is 0 Å². The highest BCUT2D eigenvalue weighted by Gasteiger charge is 2.35. The van der Waals surface area contributed by atoms with Gasteiger partial charge in [-0.15, -0.1) is 0 Å². The number of amides is 1. The van der Waals surface area contributed by atoms with Crippen molar-refractivity contribution in [2.75, 3.05) is 18.1 Å². The van der Waals surface area contributed by atoms with Crippen molar-refractivity contribution in [3.05, 3.63) is 64.1 Å². The van der Waals surface area contributed by atoms with Gasteiger partial charge in [-0.25, -0.2) is 8.42 Å². The van der Waals surface area contributed by atoms with Crippen LogP contribution in [0.5, 0.6) is 5.75 Å². The van der Waals surface area contributed by atoms with Gasteiger partial charge in [-0.1, -0.05) is 28.1 Å². The van der Waals surface area contributed by atoms with Crippen molar-refractivity contribution < 1.29 is 17.9 Å². The maximum atomic E-state index is 13.2. The van der Waals surface area contributed by atoms with E-state index in [0.717, 1.165) is 10.0 Å². The molecule has 0 aromatic heterocycles. The fraction of sp³-hybridized carbons (Fsp3) is 0.350. The fourth-order valence-corrected chi connectivity index (χ4v) is 5.42. The molecule has 1 atom stereocenters. The summed E-state index contributed by atoms with van der Waals surface area (Å²) in [5.41, 5.74) is 1.48. The molecule has 1 saturated heterocycles. The van der Waals surface area contributed by atoms with Crippen LogP contribution in [0.15, 0.2) is 53.0 Å². The predicted octanol–water partition coefficient (Wildman–Crippen LogP) is 3.68. The van der Waals surface area contributed by atoms with E-state index in [1.807, 2.05) is 31.2 Å². The van der Waals surface area contributed by atoms with Gasteiger partial charge in [0.05, 0.1) is 18.1 Å². The molecular formula is C20H22BrNO4S. The molecule has 1 aliphatic rings. The van der Waals surface area contributed by atoms with Crippen LogP contribution in [0.2, 0.25) is 0 Å². The third-order valence-electron chi connectivity index (χ3n) is 4.56. The summed E-state index contributed by atoms with van der Waals surface area (Å²) in [4.78, 5) is 14.9. The number of ether oxygens (including phenoxy) is 1. The van der Waals surface area contributed by atoms with Crippen molar-refractivity contribution in [3.8, 4) is 5.75 Å². The molecule has 1 fully saturated rings. The number of hydrogen-bond donors (Lipinski definition) is 0. The van der Waals surface area contributed by atoms with Gasteiger partial charge >= 0.3 is 0 Å². The van der Waals surface area contributed by atoms with Crippen molar-refractivity contribution in [1.82, 2.24) is 4.90 Å². The third kappa shape index (κ3) is 5.11. The van der Waals surface area contributed by atoms with Crippen LogP contribution in [0.1, 0.15) is 29.3 Å². The number of benzene rings is 2. The number of hydrogen-bond acceptors (Lipinski definition) is 4. The van der Waals surface area contributed by atoms with Crippen molar-refractivity contribution in [2.45, 2.75) is 25.9 Å². The topological polar surface area (TPSA) is 63.7 Å². The van der Waals surface area contributed by atoms with E-state index in [0.29, 0.717) is 30.9 Å². The second-order valence-corrected chi connectivity index (χ2v) is 9.72. The van der Waals surface area contributed by atoms with Crippen LogP contribution in [-0.4, -0.2) is 43.4 Å². The van der Waals surface area contributed by atoms with Crippen LogP contribution in [0.25, 0.3) is 0 Å². The summed E-state index contributed by atoms with van der Waals surface area (Å²) < 4.78 is 30.3. The Morgan fingerprint density at radius 2 is 1.96 bits per heavy atom. The van der Waals surface area contributed by atoms with E-state index in [1.54, 1.807) is 29.2 Å². The van der Waals surface area contributed by atoms with Gasteiger partial charge in [0.15, 0.2) is 9.84 Å². The highest BCUT2D eigenvalue weighted by molar-refractivity contribution is 9.10. The third-order valence-corrected chi connectivity index (χ3v) is 6.81. The van der Waals surface area contributed by atoms with Crippen molar-refractivity contribution in [2.24, 2.45) is 0 Å². The van der Waals surface area contributed by atoms with Gasteiger partial charge in [0.25, 0.3) is 5.91 Å². The van der Waals surface area contributed by atoms with Gasteiger partial charge in [-0.3, -0.25) is 4.79 Å². The lowest BCUT2D eigenvalue weighted by molar-refractivity contribution is 0.0681. The molecule has 1 aliphatic heterocycles. The lowest BCUT2D eigenvalue weighted by Gasteiger charge is -2.28. The van der Waals surface area contributed by atoms with E-state index >= 15 is 0 Å². The zero-order valence-electron chi connectivity index (χ0n) is 15.1. The highest BCUT2D eigenvalue weighted by atomic mass is 79.9. The normalized spacial score (nSPS) is 18.2. The number of carbonyl (C=O) groups is 1. The molecule has 0 bridgehead atoms. The first-order valence-electron chi connectivity index (χ1n) is 8.86. The van der Waals surface area contributed by atoms with Crippen LogP contribution in [0, 0.1) is 0 Å². The summed E-state index contributed by atoms with van der Waals surface area (Å²) in [6.45, 7) is 2.83. The first-order chi connectivity index (χ1) is 12.9. The largest absolute Gasteiger partial charge is 0.494 e. The van der Waals surface area contributed by atoms with E-state index < -0.39 is 9.84 Å². The zero-order valence-corrected chi connectivity index (χ0v) is 17.5. The molecule has 0 aliphatic carbocycles. The fourth-order valence-electron chi connectivity index (χ4n) is 3.25. The molecule has 3 rings (SSSR count). The van der Waals surface area contributed by atoms with Crippen LogP contribution in [0.4, 0.5) is 0 Å². The Balaban J connectivity index is 1.87. The molecular weight excluding hydrogens is 430 g/mol. The highest BCUT2D eigenvalue weighted by Crippen LogP contribution is 2.24. The summed E-state index contributed by atoms with van der Waals surface area (Å²) in [6.07, 6.45) is 0.471. The van der Waals surface area contributed by atoms with Crippen LogP contribution in [0.3, 0.4) is 0 Å². The Kier molecular flexibility index (Phi) is 6.22. The predicted molar refractivity (Wildman–Crippen MR) is 109 cm³/mol. The maximum absolute atomic E-state index is 13.2. The standard InChI is InChI=1S/C20H22BrNO4S/c1-2-26-19-8-6-16(7-9-19)20(23)22(18-10-11-27(24,25)14-18)13-15-4-3-5-17(21)12-15/h3-9,12,18H,2,10-11,13-14H2,1H3/t18-/m1/s1. The van der Waals surface area contributed by atoms with Crippen LogP contribution in [-0.2, 0) is 16.4 Å². The Bertz CT molecular complexity index is 912. The minimum Gasteiger partial charge on any atom is -0.494 e. The summed E-state index contributed by atoms with van der Waals surface area (Å²) in [7, 11) is -3.09. The Morgan fingerprint density at radius 3 is 2.56 bits per heavy atom. The molecule has 1 amide bonds. The molecule has 0 N–H and O–H groups in total. The first-order valence-corrected chi connectivity index (χ1v) is 11.5. The van der Waals surface area contributed by atoms with Crippen LogP contribution >= 0.6 is 15.9 Å². The van der Waals surface area contributed by atoms with Gasteiger partial charge in [0, 0.05) is 22.6 Å².